The Kier molecular flexibility index (Phi) is 6.18. The number of hydrogen-bond donors (Lipinski definition) is 0. The molecule has 0 aliphatic carbocycles. The molecule has 0 saturated heterocycles. The van der Waals surface area contributed by atoms with Crippen LogP contribution in [0, 0.1) is 0 Å². The van der Waals surface area contributed by atoms with Crippen LogP contribution in [0.1, 0.15) is 0 Å². The van der Waals surface area contributed by atoms with Gasteiger partial charge in [0.2, 0.25) is 0 Å². The van der Waals surface area contributed by atoms with Crippen molar-refractivity contribution in [1.82, 2.24) is 4.57 Å². The predicted molar refractivity (Wildman–Crippen MR) is 206 cm³/mol. The maximum absolute atomic E-state index is 6.61. The molecule has 8 aromatic carbocycles. The van der Waals surface area contributed by atoms with E-state index in [2.05, 4.69) is 185 Å². The first-order valence-corrected chi connectivity index (χ1v) is 16.7. The van der Waals surface area contributed by atoms with Crippen LogP contribution in [0.15, 0.2) is 186 Å². The van der Waals surface area contributed by atoms with Crippen LogP contribution in [0.4, 0.5) is 17.1 Å². The lowest BCUT2D eigenvalue weighted by Crippen LogP contribution is -2.12. The number of anilines is 3. The van der Waals surface area contributed by atoms with Crippen LogP contribution in [0.5, 0.6) is 0 Å². The maximum atomic E-state index is 6.61. The monoisotopic (exact) mass is 626 g/mol. The molecule has 0 spiro atoms. The average molecular weight is 627 g/mol. The van der Waals surface area contributed by atoms with Gasteiger partial charge in [0.1, 0.15) is 11.2 Å². The van der Waals surface area contributed by atoms with Crippen LogP contribution < -0.4 is 4.90 Å². The Morgan fingerprint density at radius 2 is 1.04 bits per heavy atom. The molecule has 2 heterocycles. The molecule has 0 fully saturated rings. The van der Waals surface area contributed by atoms with E-state index in [1.165, 1.54) is 27.2 Å². The topological polar surface area (TPSA) is 21.3 Å². The Morgan fingerprint density at radius 3 is 1.88 bits per heavy atom. The molecule has 0 atom stereocenters. The van der Waals surface area contributed by atoms with Crippen molar-refractivity contribution in [3.63, 3.8) is 0 Å². The molecule has 0 N–H and O–H groups in total. The minimum atomic E-state index is 0.870. The second-order valence-electron chi connectivity index (χ2n) is 12.5. The van der Waals surface area contributed by atoms with Crippen LogP contribution in [0.25, 0.3) is 71.3 Å². The van der Waals surface area contributed by atoms with E-state index in [0.29, 0.717) is 0 Å². The van der Waals surface area contributed by atoms with E-state index in [0.717, 1.165) is 61.2 Å². The van der Waals surface area contributed by atoms with Crippen molar-refractivity contribution in [2.45, 2.75) is 0 Å². The van der Waals surface area contributed by atoms with E-state index >= 15 is 0 Å². The van der Waals surface area contributed by atoms with Crippen LogP contribution in [0.3, 0.4) is 0 Å². The summed E-state index contributed by atoms with van der Waals surface area (Å²) in [6.07, 6.45) is 0. The Balaban J connectivity index is 1.36. The minimum Gasteiger partial charge on any atom is -0.456 e. The van der Waals surface area contributed by atoms with Crippen molar-refractivity contribution in [1.29, 1.82) is 0 Å². The third-order valence-corrected chi connectivity index (χ3v) is 9.74. The fourth-order valence-electron chi connectivity index (χ4n) is 7.64. The molecule has 0 amide bonds. The first-order chi connectivity index (χ1) is 24.3. The molecule has 0 unspecified atom stereocenters. The van der Waals surface area contributed by atoms with Gasteiger partial charge in [-0.1, -0.05) is 133 Å². The van der Waals surface area contributed by atoms with Crippen LogP contribution >= 0.6 is 0 Å². The summed E-state index contributed by atoms with van der Waals surface area (Å²) in [5.41, 5.74) is 10.8. The highest BCUT2D eigenvalue weighted by molar-refractivity contribution is 6.23. The van der Waals surface area contributed by atoms with Crippen LogP contribution in [-0.2, 0) is 0 Å². The Bertz CT molecular complexity index is 2830. The van der Waals surface area contributed by atoms with Gasteiger partial charge in [0.05, 0.1) is 22.4 Å². The summed E-state index contributed by atoms with van der Waals surface area (Å²) in [6, 6.07) is 64.9. The number of aromatic nitrogens is 1. The first-order valence-electron chi connectivity index (χ1n) is 16.7. The summed E-state index contributed by atoms with van der Waals surface area (Å²) in [6.45, 7) is 0. The van der Waals surface area contributed by atoms with Gasteiger partial charge in [-0.05, 0) is 59.0 Å². The van der Waals surface area contributed by atoms with Crippen molar-refractivity contribution in [3.8, 4) is 16.8 Å². The van der Waals surface area contributed by atoms with Gasteiger partial charge in [-0.3, -0.25) is 0 Å². The summed E-state index contributed by atoms with van der Waals surface area (Å²) < 4.78 is 9.03. The van der Waals surface area contributed by atoms with Crippen molar-refractivity contribution in [2.24, 2.45) is 0 Å². The SMILES string of the molecule is c1ccc(-c2cccc(N(c3cc4oc5ccccc5c4c4ccccc34)c3cccc4c5ccccc5n(-c5ccccc5)c34)c2)cc1. The molecule has 10 aromatic rings. The van der Waals surface area contributed by atoms with Crippen molar-refractivity contribution in [2.75, 3.05) is 4.90 Å². The lowest BCUT2D eigenvalue weighted by atomic mass is 9.99. The van der Waals surface area contributed by atoms with E-state index < -0.39 is 0 Å². The van der Waals surface area contributed by atoms with Gasteiger partial charge in [-0.25, -0.2) is 0 Å². The Hall–Kier alpha value is -6.58. The van der Waals surface area contributed by atoms with Crippen molar-refractivity contribution in [3.05, 3.63) is 182 Å². The number of fused-ring (bicyclic) bond motifs is 8. The molecule has 2 aromatic heterocycles. The van der Waals surface area contributed by atoms with Gasteiger partial charge >= 0.3 is 0 Å². The quantitative estimate of drug-likeness (QED) is 0.190. The van der Waals surface area contributed by atoms with E-state index in [4.69, 9.17) is 4.42 Å². The van der Waals surface area contributed by atoms with Gasteiger partial charge in [0.25, 0.3) is 0 Å². The van der Waals surface area contributed by atoms with Gasteiger partial charge in [-0.2, -0.15) is 0 Å². The molecule has 3 nitrogen and oxygen atoms in total. The summed E-state index contributed by atoms with van der Waals surface area (Å²) >= 11 is 0. The van der Waals surface area contributed by atoms with Crippen molar-refractivity contribution < 1.29 is 4.42 Å². The molecule has 0 radical (unpaired) electrons. The molecule has 0 saturated carbocycles. The van der Waals surface area contributed by atoms with E-state index in [-0.39, 0.29) is 0 Å². The van der Waals surface area contributed by atoms with Gasteiger partial charge in [0, 0.05) is 44.4 Å². The molecule has 3 heteroatoms. The van der Waals surface area contributed by atoms with Gasteiger partial charge in [-0.15, -0.1) is 0 Å². The number of hydrogen-bond acceptors (Lipinski definition) is 2. The molecule has 0 aliphatic heterocycles. The fraction of sp³-hybridized carbons (Fsp3) is 0. The average Bonchev–Trinajstić information content (AvgIpc) is 3.72. The third-order valence-electron chi connectivity index (χ3n) is 9.74. The van der Waals surface area contributed by atoms with E-state index in [1.54, 1.807) is 0 Å². The highest BCUT2D eigenvalue weighted by Crippen LogP contribution is 2.48. The second kappa shape index (κ2) is 11.0. The molecule has 230 valence electrons. The summed E-state index contributed by atoms with van der Waals surface area (Å²) in [5, 5.41) is 7.02. The lowest BCUT2D eigenvalue weighted by molar-refractivity contribution is 0.669. The number of para-hydroxylation sites is 4. The van der Waals surface area contributed by atoms with Crippen molar-refractivity contribution >= 4 is 71.6 Å². The molecule has 10 rings (SSSR count). The number of benzene rings is 8. The molecule has 49 heavy (non-hydrogen) atoms. The highest BCUT2D eigenvalue weighted by atomic mass is 16.3. The Labute approximate surface area is 283 Å². The maximum Gasteiger partial charge on any atom is 0.138 e. The Morgan fingerprint density at radius 1 is 0.408 bits per heavy atom. The second-order valence-corrected chi connectivity index (χ2v) is 12.5. The fourth-order valence-corrected chi connectivity index (χ4v) is 7.64. The standard InChI is InChI=1S/C46H30N2O/c1-3-15-31(16-4-1)32-17-13-20-34(29-32)47(42-30-44-45(37-23-8-7-21-35(37)42)39-24-10-12-28-43(39)49-44)41-27-14-25-38-36-22-9-11-26-40(36)48(46(38)41)33-18-5-2-6-19-33/h1-30H. The summed E-state index contributed by atoms with van der Waals surface area (Å²) in [4.78, 5) is 2.43. The minimum absolute atomic E-state index is 0.870. The molecular weight excluding hydrogens is 597 g/mol. The lowest BCUT2D eigenvalue weighted by Gasteiger charge is -2.29. The first kappa shape index (κ1) is 27.5. The van der Waals surface area contributed by atoms with E-state index in [1.807, 2.05) is 6.07 Å². The smallest absolute Gasteiger partial charge is 0.138 e. The van der Waals surface area contributed by atoms with Gasteiger partial charge in [0.15, 0.2) is 0 Å². The zero-order valence-electron chi connectivity index (χ0n) is 26.6. The zero-order valence-corrected chi connectivity index (χ0v) is 26.6. The molecular formula is C46H30N2O. The predicted octanol–water partition coefficient (Wildman–Crippen LogP) is 13.0. The largest absolute Gasteiger partial charge is 0.456 e. The number of nitrogens with zero attached hydrogens (tertiary/aromatic N) is 2. The molecule has 0 aliphatic rings. The van der Waals surface area contributed by atoms with Crippen LogP contribution in [-0.4, -0.2) is 4.57 Å². The van der Waals surface area contributed by atoms with Gasteiger partial charge < -0.3 is 13.9 Å². The van der Waals surface area contributed by atoms with E-state index in [9.17, 15) is 0 Å². The third kappa shape index (κ3) is 4.29. The number of rotatable bonds is 5. The van der Waals surface area contributed by atoms with Crippen LogP contribution in [0.2, 0.25) is 0 Å². The normalized spacial score (nSPS) is 11.7. The highest BCUT2D eigenvalue weighted by Gasteiger charge is 2.24. The zero-order chi connectivity index (χ0) is 32.3. The summed E-state index contributed by atoms with van der Waals surface area (Å²) in [5.74, 6) is 0. The summed E-state index contributed by atoms with van der Waals surface area (Å²) in [7, 11) is 0. The molecule has 0 bridgehead atoms. The number of furan rings is 1.